The summed E-state index contributed by atoms with van der Waals surface area (Å²) < 4.78 is 0.951. The van der Waals surface area contributed by atoms with Crippen molar-refractivity contribution in [1.29, 1.82) is 0 Å². The van der Waals surface area contributed by atoms with Crippen molar-refractivity contribution in [3.05, 3.63) is 45.8 Å². The number of nitrogens with zero attached hydrogens (tertiary/aromatic N) is 3. The maximum absolute atomic E-state index is 5.88. The molecule has 0 aromatic carbocycles. The highest BCUT2D eigenvalue weighted by Crippen LogP contribution is 2.30. The van der Waals surface area contributed by atoms with Gasteiger partial charge in [-0.3, -0.25) is 4.98 Å². The highest BCUT2D eigenvalue weighted by Gasteiger charge is 2.14. The van der Waals surface area contributed by atoms with Crippen LogP contribution in [0.4, 0.5) is 11.5 Å². The van der Waals surface area contributed by atoms with Crippen molar-refractivity contribution >= 4 is 27.4 Å². The Morgan fingerprint density at radius 3 is 2.70 bits per heavy atom. The first kappa shape index (κ1) is 14.8. The van der Waals surface area contributed by atoms with E-state index in [1.807, 2.05) is 32.0 Å². The van der Waals surface area contributed by atoms with Crippen LogP contribution in [0.3, 0.4) is 0 Å². The van der Waals surface area contributed by atoms with Crippen LogP contribution in [0.25, 0.3) is 0 Å². The van der Waals surface area contributed by atoms with Crippen LogP contribution in [0.1, 0.15) is 23.9 Å². The molecule has 0 bridgehead atoms. The number of hydrogen-bond donors (Lipinski definition) is 1. The molecule has 2 aromatic heterocycles. The summed E-state index contributed by atoms with van der Waals surface area (Å²) in [7, 11) is 0. The molecule has 2 heterocycles. The van der Waals surface area contributed by atoms with Gasteiger partial charge in [0.1, 0.15) is 5.82 Å². The number of aryl methyl sites for hydroxylation is 1. The molecule has 20 heavy (non-hydrogen) atoms. The number of anilines is 2. The lowest BCUT2D eigenvalue weighted by atomic mass is 10.2. The van der Waals surface area contributed by atoms with Gasteiger partial charge >= 0.3 is 0 Å². The van der Waals surface area contributed by atoms with Crippen LogP contribution in [0.15, 0.2) is 28.9 Å². The number of halogens is 1. The number of nitrogens with two attached hydrogens (primary N) is 1. The quantitative estimate of drug-likeness (QED) is 0.930. The van der Waals surface area contributed by atoms with Crippen molar-refractivity contribution in [2.24, 2.45) is 0 Å². The van der Waals surface area contributed by atoms with Gasteiger partial charge in [-0.15, -0.1) is 0 Å². The van der Waals surface area contributed by atoms with Crippen LogP contribution in [-0.2, 0) is 6.54 Å². The fourth-order valence-corrected chi connectivity index (χ4v) is 2.60. The number of nitrogen functional groups attached to an aromatic ring is 1. The average molecular weight is 335 g/mol. The molecular formula is C15H19BrN4. The molecule has 4 nitrogen and oxygen atoms in total. The predicted octanol–water partition coefficient (Wildman–Crippen LogP) is 3.46. The van der Waals surface area contributed by atoms with Gasteiger partial charge in [-0.2, -0.15) is 0 Å². The molecule has 0 aliphatic carbocycles. The van der Waals surface area contributed by atoms with Gasteiger partial charge in [0, 0.05) is 12.2 Å². The zero-order valence-corrected chi connectivity index (χ0v) is 13.6. The average Bonchev–Trinajstić information content (AvgIpc) is 2.43. The smallest absolute Gasteiger partial charge is 0.143 e. The van der Waals surface area contributed by atoms with Gasteiger partial charge in [-0.25, -0.2) is 4.98 Å². The van der Waals surface area contributed by atoms with Gasteiger partial charge in [0.05, 0.1) is 28.6 Å². The molecule has 0 spiro atoms. The lowest BCUT2D eigenvalue weighted by molar-refractivity contribution is 0.787. The van der Waals surface area contributed by atoms with Crippen molar-refractivity contribution in [3.8, 4) is 0 Å². The van der Waals surface area contributed by atoms with Crippen LogP contribution in [0.5, 0.6) is 0 Å². The van der Waals surface area contributed by atoms with Crippen LogP contribution in [0.2, 0.25) is 0 Å². The van der Waals surface area contributed by atoms with Crippen molar-refractivity contribution in [2.45, 2.75) is 27.3 Å². The van der Waals surface area contributed by atoms with E-state index in [-0.39, 0.29) is 0 Å². The summed E-state index contributed by atoms with van der Waals surface area (Å²) in [6, 6.07) is 6.07. The van der Waals surface area contributed by atoms with Gasteiger partial charge in [0.2, 0.25) is 0 Å². The number of rotatable bonds is 4. The fraction of sp³-hybridized carbons (Fsp3) is 0.333. The molecule has 0 radical (unpaired) electrons. The molecule has 0 amide bonds. The molecule has 2 N–H and O–H groups in total. The first-order chi connectivity index (χ1) is 9.52. The monoisotopic (exact) mass is 334 g/mol. The molecule has 0 saturated heterocycles. The minimum Gasteiger partial charge on any atom is -0.397 e. The largest absolute Gasteiger partial charge is 0.397 e. The molecule has 106 valence electrons. The zero-order valence-electron chi connectivity index (χ0n) is 12.0. The molecule has 0 unspecified atom stereocenters. The van der Waals surface area contributed by atoms with E-state index in [0.29, 0.717) is 5.69 Å². The molecule has 0 aliphatic heterocycles. The number of hydrogen-bond acceptors (Lipinski definition) is 4. The molecule has 5 heteroatoms. The topological polar surface area (TPSA) is 55.0 Å². The van der Waals surface area contributed by atoms with Gasteiger partial charge in [0.25, 0.3) is 0 Å². The Morgan fingerprint density at radius 1 is 1.30 bits per heavy atom. The first-order valence-electron chi connectivity index (χ1n) is 6.61. The van der Waals surface area contributed by atoms with Crippen LogP contribution >= 0.6 is 15.9 Å². The van der Waals surface area contributed by atoms with Crippen molar-refractivity contribution in [1.82, 2.24) is 9.97 Å². The second-order valence-corrected chi connectivity index (χ2v) is 5.55. The van der Waals surface area contributed by atoms with E-state index in [4.69, 9.17) is 5.73 Å². The summed E-state index contributed by atoms with van der Waals surface area (Å²) in [5.41, 5.74) is 9.66. The summed E-state index contributed by atoms with van der Waals surface area (Å²) >= 11 is 3.60. The summed E-state index contributed by atoms with van der Waals surface area (Å²) in [6.07, 6.45) is 1.71. The minimum atomic E-state index is 0.699. The van der Waals surface area contributed by atoms with E-state index >= 15 is 0 Å². The molecule has 0 aliphatic rings. The van der Waals surface area contributed by atoms with Gasteiger partial charge in [-0.1, -0.05) is 6.07 Å². The zero-order chi connectivity index (χ0) is 14.7. The maximum atomic E-state index is 5.88. The third kappa shape index (κ3) is 3.10. The maximum Gasteiger partial charge on any atom is 0.143 e. The molecule has 0 saturated carbocycles. The summed E-state index contributed by atoms with van der Waals surface area (Å²) in [5, 5.41) is 0. The normalized spacial score (nSPS) is 10.6. The number of aromatic nitrogens is 2. The summed E-state index contributed by atoms with van der Waals surface area (Å²) in [6.45, 7) is 7.68. The van der Waals surface area contributed by atoms with Gasteiger partial charge in [0.15, 0.2) is 0 Å². The fourth-order valence-electron chi connectivity index (χ4n) is 2.02. The summed E-state index contributed by atoms with van der Waals surface area (Å²) in [5.74, 6) is 0.905. The van der Waals surface area contributed by atoms with Crippen LogP contribution in [0, 0.1) is 13.8 Å². The Bertz CT molecular complexity index is 613. The lowest BCUT2D eigenvalue weighted by Crippen LogP contribution is -2.24. The van der Waals surface area contributed by atoms with Gasteiger partial charge in [-0.05, 0) is 54.4 Å². The third-order valence-corrected chi connectivity index (χ3v) is 4.21. The second-order valence-electron chi connectivity index (χ2n) is 4.76. The molecule has 0 fully saturated rings. The molecule has 2 aromatic rings. The lowest BCUT2D eigenvalue weighted by Gasteiger charge is -2.24. The molecule has 0 atom stereocenters. The van der Waals surface area contributed by atoms with E-state index in [9.17, 15) is 0 Å². The third-order valence-electron chi connectivity index (χ3n) is 3.26. The number of pyridine rings is 2. The van der Waals surface area contributed by atoms with Gasteiger partial charge < -0.3 is 10.6 Å². The summed E-state index contributed by atoms with van der Waals surface area (Å²) in [4.78, 5) is 11.2. The Hall–Kier alpha value is -1.62. The second kappa shape index (κ2) is 6.22. The Morgan fingerprint density at radius 2 is 2.05 bits per heavy atom. The van der Waals surface area contributed by atoms with Crippen molar-refractivity contribution in [3.63, 3.8) is 0 Å². The standard InChI is InChI=1S/C15H19BrN4/c1-4-20(9-12-7-5-6-10(2)19-12)15-14(16)11(3)13(17)8-18-15/h5-8H,4,9,17H2,1-3H3. The first-order valence-corrected chi connectivity index (χ1v) is 7.40. The van der Waals surface area contributed by atoms with E-state index in [2.05, 4.69) is 37.7 Å². The van der Waals surface area contributed by atoms with Crippen LogP contribution in [-0.4, -0.2) is 16.5 Å². The highest BCUT2D eigenvalue weighted by atomic mass is 79.9. The minimum absolute atomic E-state index is 0.699. The van der Waals surface area contributed by atoms with E-state index < -0.39 is 0 Å². The SMILES string of the molecule is CCN(Cc1cccc(C)n1)c1ncc(N)c(C)c1Br. The van der Waals surface area contributed by atoms with E-state index in [1.165, 1.54) is 0 Å². The van der Waals surface area contributed by atoms with Crippen LogP contribution < -0.4 is 10.6 Å². The Balaban J connectivity index is 2.31. The Kier molecular flexibility index (Phi) is 4.60. The molecular weight excluding hydrogens is 316 g/mol. The Labute approximate surface area is 128 Å². The highest BCUT2D eigenvalue weighted by molar-refractivity contribution is 9.10. The molecule has 2 rings (SSSR count). The van der Waals surface area contributed by atoms with E-state index in [1.54, 1.807) is 6.20 Å². The van der Waals surface area contributed by atoms with Crippen molar-refractivity contribution < 1.29 is 0 Å². The predicted molar refractivity (Wildman–Crippen MR) is 86.8 cm³/mol. The van der Waals surface area contributed by atoms with E-state index in [0.717, 1.165) is 40.3 Å². The van der Waals surface area contributed by atoms with Crippen molar-refractivity contribution in [2.75, 3.05) is 17.2 Å².